The van der Waals surface area contributed by atoms with E-state index in [1.165, 1.54) is 84.9 Å². The van der Waals surface area contributed by atoms with Crippen LogP contribution in [0.25, 0.3) is 12.2 Å². The molecule has 0 aliphatic carbocycles. The van der Waals surface area contributed by atoms with Gasteiger partial charge >= 0.3 is 0 Å². The minimum atomic E-state index is -4.92. The summed E-state index contributed by atoms with van der Waals surface area (Å²) < 4.78 is 118. The van der Waals surface area contributed by atoms with Gasteiger partial charge in [0, 0.05) is 22.5 Å². The second-order valence-corrected chi connectivity index (χ2v) is 17.7. The van der Waals surface area contributed by atoms with Gasteiger partial charge in [0.15, 0.2) is 19.7 Å². The van der Waals surface area contributed by atoms with Crippen LogP contribution in [0.1, 0.15) is 31.8 Å². The molecule has 4 aromatic carbocycles. The van der Waals surface area contributed by atoms with Gasteiger partial charge in [-0.15, -0.1) is 13.2 Å². The second kappa shape index (κ2) is 15.6. The molecule has 4 N–H and O–H groups in total. The highest BCUT2D eigenvalue weighted by atomic mass is 32.2. The molecule has 0 aliphatic heterocycles. The maximum Gasteiger partial charge on any atom is 0.295 e. The summed E-state index contributed by atoms with van der Waals surface area (Å²) in [6.07, 6.45) is 4.70. The van der Waals surface area contributed by atoms with Gasteiger partial charge in [0.05, 0.1) is 21.3 Å². The van der Waals surface area contributed by atoms with Crippen molar-refractivity contribution in [1.29, 1.82) is 0 Å². The van der Waals surface area contributed by atoms with E-state index in [2.05, 4.69) is 23.8 Å². The first-order valence-electron chi connectivity index (χ1n) is 14.7. The minimum Gasteiger partial charge on any atom is -0.322 e. The Kier molecular flexibility index (Phi) is 11.8. The molecule has 0 unspecified atom stereocenters. The Morgan fingerprint density at radius 2 is 0.865 bits per heavy atom. The first-order chi connectivity index (χ1) is 24.2. The van der Waals surface area contributed by atoms with E-state index >= 15 is 0 Å². The van der Waals surface area contributed by atoms with E-state index in [1.54, 1.807) is 0 Å². The van der Waals surface area contributed by atoms with Gasteiger partial charge in [-0.25, -0.2) is 16.8 Å². The SMILES string of the molecule is C=CCS(=O)(=O)c1ccc(C(=O)Nc2ccc(C=Cc3ccc(NC(=O)c4ccc(S(=O)(=O)CC=C)cc4)cc3S(=O)(=O)O)c(S(=O)(=O)O)c2)cc1. The van der Waals surface area contributed by atoms with Gasteiger partial charge in [-0.2, -0.15) is 16.8 Å². The molecule has 0 heterocycles. The van der Waals surface area contributed by atoms with Crippen LogP contribution in [0.4, 0.5) is 11.4 Å². The van der Waals surface area contributed by atoms with Crippen molar-refractivity contribution >= 4 is 75.3 Å². The summed E-state index contributed by atoms with van der Waals surface area (Å²) in [5, 5.41) is 4.90. The Bertz CT molecular complexity index is 2370. The molecule has 18 heteroatoms. The third kappa shape index (κ3) is 9.75. The number of benzene rings is 4. The lowest BCUT2D eigenvalue weighted by Gasteiger charge is -2.11. The fourth-order valence-corrected chi connectivity index (χ4v) is 8.19. The molecular formula is C34H30N2O12S4. The van der Waals surface area contributed by atoms with E-state index in [9.17, 15) is 52.4 Å². The van der Waals surface area contributed by atoms with Gasteiger partial charge in [0.1, 0.15) is 9.79 Å². The molecule has 2 amide bonds. The molecule has 0 radical (unpaired) electrons. The Morgan fingerprint density at radius 1 is 0.538 bits per heavy atom. The standard InChI is InChI=1S/C34H30N2O12S4/c1-3-19-49(39,40)29-15-9-25(10-16-29)33(37)35-27-13-7-23(31(21-27)51(43,44)45)5-6-24-8-14-28(22-32(24)52(46,47)48)36-34(38)26-11-17-30(18-12-26)50(41,42)20-4-2/h3-18,21-22H,1-2,19-20H2,(H,35,37)(H,36,38)(H,43,44,45)(H,46,47,48). The van der Waals surface area contributed by atoms with Crippen LogP contribution in [-0.2, 0) is 39.9 Å². The molecular weight excluding hydrogens is 757 g/mol. The van der Waals surface area contributed by atoms with Crippen LogP contribution in [0, 0.1) is 0 Å². The van der Waals surface area contributed by atoms with E-state index in [0.717, 1.165) is 24.3 Å². The summed E-state index contributed by atoms with van der Waals surface area (Å²) in [6, 6.07) is 16.8. The zero-order valence-corrected chi connectivity index (χ0v) is 30.1. The molecule has 0 aliphatic rings. The number of hydrogen-bond donors (Lipinski definition) is 4. The number of sulfone groups is 2. The van der Waals surface area contributed by atoms with Crippen molar-refractivity contribution in [3.63, 3.8) is 0 Å². The molecule has 4 aromatic rings. The van der Waals surface area contributed by atoms with Gasteiger partial charge in [0.2, 0.25) is 0 Å². The molecule has 0 spiro atoms. The maximum atomic E-state index is 12.8. The highest BCUT2D eigenvalue weighted by Gasteiger charge is 2.20. The molecule has 52 heavy (non-hydrogen) atoms. The van der Waals surface area contributed by atoms with Crippen molar-refractivity contribution in [2.75, 3.05) is 22.1 Å². The highest BCUT2D eigenvalue weighted by Crippen LogP contribution is 2.27. The molecule has 0 aromatic heterocycles. The van der Waals surface area contributed by atoms with Gasteiger partial charge in [-0.1, -0.05) is 36.4 Å². The number of carbonyl (C=O) groups excluding carboxylic acids is 2. The summed E-state index contributed by atoms with van der Waals surface area (Å²) in [6.45, 7) is 6.79. The maximum absolute atomic E-state index is 12.8. The van der Waals surface area contributed by atoms with Crippen molar-refractivity contribution in [2.45, 2.75) is 19.6 Å². The molecule has 0 fully saturated rings. The van der Waals surface area contributed by atoms with E-state index in [-0.39, 0.29) is 54.9 Å². The lowest BCUT2D eigenvalue weighted by atomic mass is 10.1. The van der Waals surface area contributed by atoms with Crippen LogP contribution in [0.2, 0.25) is 0 Å². The molecule has 272 valence electrons. The zero-order chi connectivity index (χ0) is 38.5. The largest absolute Gasteiger partial charge is 0.322 e. The summed E-state index contributed by atoms with van der Waals surface area (Å²) in [5.41, 5.74) is -0.335. The van der Waals surface area contributed by atoms with Gasteiger partial charge in [-0.05, 0) is 83.9 Å². The normalized spacial score (nSPS) is 12.3. The number of amides is 2. The van der Waals surface area contributed by atoms with Gasteiger partial charge in [-0.3, -0.25) is 18.7 Å². The molecule has 0 bridgehead atoms. The van der Waals surface area contributed by atoms with Crippen molar-refractivity contribution in [1.82, 2.24) is 0 Å². The van der Waals surface area contributed by atoms with Crippen molar-refractivity contribution in [3.8, 4) is 0 Å². The molecule has 0 atom stereocenters. The van der Waals surface area contributed by atoms with Crippen LogP contribution < -0.4 is 10.6 Å². The quantitative estimate of drug-likeness (QED) is 0.0769. The number of rotatable bonds is 14. The lowest BCUT2D eigenvalue weighted by molar-refractivity contribution is 0.101. The Morgan fingerprint density at radius 3 is 1.15 bits per heavy atom. The summed E-state index contributed by atoms with van der Waals surface area (Å²) in [7, 11) is -17.1. The summed E-state index contributed by atoms with van der Waals surface area (Å²) in [4.78, 5) is 24.2. The van der Waals surface area contributed by atoms with Crippen LogP contribution in [-0.4, -0.2) is 66.1 Å². The predicted octanol–water partition coefficient (Wildman–Crippen LogP) is 4.77. The number of carbonyl (C=O) groups is 2. The zero-order valence-electron chi connectivity index (χ0n) is 26.8. The Balaban J connectivity index is 1.58. The second-order valence-electron chi connectivity index (χ2n) is 10.9. The average molecular weight is 787 g/mol. The third-order valence-electron chi connectivity index (χ3n) is 7.17. The molecule has 14 nitrogen and oxygen atoms in total. The van der Waals surface area contributed by atoms with E-state index in [1.807, 2.05) is 0 Å². The Hall–Kier alpha value is -5.24. The highest BCUT2D eigenvalue weighted by molar-refractivity contribution is 7.91. The van der Waals surface area contributed by atoms with E-state index < -0.39 is 61.5 Å². The van der Waals surface area contributed by atoms with Gasteiger partial charge in [0.25, 0.3) is 32.1 Å². The fraction of sp³-hybridized carbons (Fsp3) is 0.0588. The topological polar surface area (TPSA) is 235 Å². The number of nitrogens with one attached hydrogen (secondary N) is 2. The Labute approximate surface area is 300 Å². The molecule has 0 saturated carbocycles. The van der Waals surface area contributed by atoms with Crippen LogP contribution >= 0.6 is 0 Å². The molecule has 4 rings (SSSR count). The third-order valence-corrected chi connectivity index (χ3v) is 12.3. The lowest BCUT2D eigenvalue weighted by Crippen LogP contribution is -2.13. The minimum absolute atomic E-state index is 0.0348. The first-order valence-corrected chi connectivity index (χ1v) is 20.8. The van der Waals surface area contributed by atoms with Crippen LogP contribution in [0.15, 0.2) is 130 Å². The monoisotopic (exact) mass is 786 g/mol. The summed E-state index contributed by atoms with van der Waals surface area (Å²) in [5.74, 6) is -2.06. The van der Waals surface area contributed by atoms with Crippen molar-refractivity contribution in [3.05, 3.63) is 132 Å². The predicted molar refractivity (Wildman–Crippen MR) is 195 cm³/mol. The summed E-state index contributed by atoms with van der Waals surface area (Å²) >= 11 is 0. The van der Waals surface area contributed by atoms with Crippen molar-refractivity contribution < 1.29 is 52.4 Å². The van der Waals surface area contributed by atoms with Gasteiger partial charge < -0.3 is 10.6 Å². The molecule has 0 saturated heterocycles. The first kappa shape index (κ1) is 39.5. The van der Waals surface area contributed by atoms with E-state index in [4.69, 9.17) is 0 Å². The van der Waals surface area contributed by atoms with E-state index in [0.29, 0.717) is 0 Å². The van der Waals surface area contributed by atoms with Crippen LogP contribution in [0.3, 0.4) is 0 Å². The average Bonchev–Trinajstić information content (AvgIpc) is 3.07. The fourth-order valence-electron chi connectivity index (χ4n) is 4.66. The number of hydrogen-bond acceptors (Lipinski definition) is 10. The van der Waals surface area contributed by atoms with Crippen LogP contribution in [0.5, 0.6) is 0 Å². The van der Waals surface area contributed by atoms with Crippen molar-refractivity contribution in [2.24, 2.45) is 0 Å². The number of anilines is 2. The smallest absolute Gasteiger partial charge is 0.295 e.